The number of imide groups is 2. The summed E-state index contributed by atoms with van der Waals surface area (Å²) in [5.74, 6) is -0.554. The van der Waals surface area contributed by atoms with Gasteiger partial charge in [-0.2, -0.15) is 0 Å². The second kappa shape index (κ2) is 8.16. The quantitative estimate of drug-likeness (QED) is 0.608. The molecule has 3 heterocycles. The van der Waals surface area contributed by atoms with Gasteiger partial charge in [0.15, 0.2) is 0 Å². The van der Waals surface area contributed by atoms with Gasteiger partial charge in [0.1, 0.15) is 6.04 Å². The molecule has 0 spiro atoms. The van der Waals surface area contributed by atoms with E-state index in [4.69, 9.17) is 0 Å². The summed E-state index contributed by atoms with van der Waals surface area (Å²) in [6.07, 6.45) is 5.44. The van der Waals surface area contributed by atoms with Crippen molar-refractivity contribution in [3.63, 3.8) is 0 Å². The van der Waals surface area contributed by atoms with E-state index in [1.54, 1.807) is 12.1 Å². The van der Waals surface area contributed by atoms with Crippen LogP contribution in [0.5, 0.6) is 0 Å². The molecular formula is C23H28N4O4. The van der Waals surface area contributed by atoms with Gasteiger partial charge in [-0.15, -0.1) is 0 Å². The van der Waals surface area contributed by atoms with Crippen LogP contribution in [0, 0.1) is 11.8 Å². The lowest BCUT2D eigenvalue weighted by Crippen LogP contribution is -2.54. The molecular weight excluding hydrogens is 396 g/mol. The zero-order valence-electron chi connectivity index (χ0n) is 17.5. The Morgan fingerprint density at radius 2 is 1.87 bits per heavy atom. The van der Waals surface area contributed by atoms with Crippen LogP contribution in [0.2, 0.25) is 0 Å². The highest BCUT2D eigenvalue weighted by molar-refractivity contribution is 6.24. The molecule has 1 aliphatic carbocycles. The molecule has 4 unspecified atom stereocenters. The number of fused-ring (bicyclic) bond motifs is 2. The number of piperidine rings is 1. The molecule has 3 N–H and O–H groups in total. The van der Waals surface area contributed by atoms with Gasteiger partial charge in [0.2, 0.25) is 11.8 Å². The molecule has 0 aromatic heterocycles. The maximum Gasteiger partial charge on any atom is 0.262 e. The summed E-state index contributed by atoms with van der Waals surface area (Å²) >= 11 is 0. The van der Waals surface area contributed by atoms with Crippen molar-refractivity contribution in [2.75, 3.05) is 13.1 Å². The molecule has 8 nitrogen and oxygen atoms in total. The van der Waals surface area contributed by atoms with Crippen molar-refractivity contribution < 1.29 is 19.2 Å². The number of rotatable bonds is 5. The molecule has 5 rings (SSSR count). The predicted octanol–water partition coefficient (Wildman–Crippen LogP) is 0.956. The van der Waals surface area contributed by atoms with E-state index in [0.29, 0.717) is 35.5 Å². The minimum atomic E-state index is -0.932. The maximum atomic E-state index is 13.2. The fourth-order valence-electron chi connectivity index (χ4n) is 5.78. The largest absolute Gasteiger partial charge is 0.313 e. The van der Waals surface area contributed by atoms with E-state index >= 15 is 0 Å². The summed E-state index contributed by atoms with van der Waals surface area (Å²) in [4.78, 5) is 50.8. The summed E-state index contributed by atoms with van der Waals surface area (Å²) in [7, 11) is 0. The standard InChI is InChI=1S/C23H28N4O4/c28-19-9-8-18(21(29)26-19)27-22(30)16-6-3-4-13(20(16)23(27)31)10-24-11-14-12-25-17-7-2-1-5-15(14)17/h3-4,6,14-15,17-18,24-25H,1-2,5,7-12H2,(H,26,28,29). The van der Waals surface area contributed by atoms with Crippen LogP contribution in [0.4, 0.5) is 0 Å². The lowest BCUT2D eigenvalue weighted by molar-refractivity contribution is -0.136. The van der Waals surface area contributed by atoms with E-state index < -0.39 is 23.8 Å². The molecule has 31 heavy (non-hydrogen) atoms. The van der Waals surface area contributed by atoms with Crippen LogP contribution >= 0.6 is 0 Å². The van der Waals surface area contributed by atoms with E-state index in [0.717, 1.165) is 23.6 Å². The number of amides is 4. The van der Waals surface area contributed by atoms with Gasteiger partial charge >= 0.3 is 0 Å². The van der Waals surface area contributed by atoms with Gasteiger partial charge in [0.25, 0.3) is 11.8 Å². The Balaban J connectivity index is 1.28. The number of carbonyl (C=O) groups excluding carboxylic acids is 4. The third-order valence-electron chi connectivity index (χ3n) is 7.34. The van der Waals surface area contributed by atoms with Crippen molar-refractivity contribution in [2.45, 2.75) is 57.2 Å². The van der Waals surface area contributed by atoms with Gasteiger partial charge in [0.05, 0.1) is 11.1 Å². The average Bonchev–Trinajstić information content (AvgIpc) is 3.28. The predicted molar refractivity (Wildman–Crippen MR) is 112 cm³/mol. The van der Waals surface area contributed by atoms with Crippen LogP contribution < -0.4 is 16.0 Å². The molecule has 3 fully saturated rings. The molecule has 1 aromatic rings. The summed E-state index contributed by atoms with van der Waals surface area (Å²) in [6, 6.07) is 4.99. The van der Waals surface area contributed by atoms with Gasteiger partial charge in [-0.3, -0.25) is 29.4 Å². The first kappa shape index (κ1) is 20.3. The molecule has 0 radical (unpaired) electrons. The van der Waals surface area contributed by atoms with Gasteiger partial charge < -0.3 is 10.6 Å². The van der Waals surface area contributed by atoms with Crippen LogP contribution in [0.15, 0.2) is 18.2 Å². The highest BCUT2D eigenvalue weighted by atomic mass is 16.2. The molecule has 4 amide bonds. The van der Waals surface area contributed by atoms with Gasteiger partial charge in [-0.25, -0.2) is 0 Å². The van der Waals surface area contributed by atoms with Crippen molar-refractivity contribution in [1.82, 2.24) is 20.9 Å². The number of hydrogen-bond acceptors (Lipinski definition) is 6. The van der Waals surface area contributed by atoms with Gasteiger partial charge in [0, 0.05) is 19.0 Å². The smallest absolute Gasteiger partial charge is 0.262 e. The Bertz CT molecular complexity index is 946. The molecule has 3 aliphatic heterocycles. The maximum absolute atomic E-state index is 13.2. The normalized spacial score (nSPS) is 30.4. The highest BCUT2D eigenvalue weighted by Gasteiger charge is 2.45. The number of benzene rings is 1. The Hall–Kier alpha value is -2.58. The number of hydrogen-bond donors (Lipinski definition) is 3. The zero-order chi connectivity index (χ0) is 21.5. The zero-order valence-corrected chi connectivity index (χ0v) is 17.5. The molecule has 4 aliphatic rings. The van der Waals surface area contributed by atoms with E-state index in [1.807, 2.05) is 6.07 Å². The van der Waals surface area contributed by atoms with Crippen LogP contribution in [0.25, 0.3) is 0 Å². The first-order valence-electron chi connectivity index (χ1n) is 11.3. The third-order valence-corrected chi connectivity index (χ3v) is 7.34. The Labute approximate surface area is 181 Å². The van der Waals surface area contributed by atoms with E-state index in [2.05, 4.69) is 16.0 Å². The fraction of sp³-hybridized carbons (Fsp3) is 0.565. The second-order valence-corrected chi connectivity index (χ2v) is 9.14. The van der Waals surface area contributed by atoms with Crippen molar-refractivity contribution in [3.05, 3.63) is 34.9 Å². The number of nitrogens with zero attached hydrogens (tertiary/aromatic N) is 1. The van der Waals surface area contributed by atoms with Crippen LogP contribution in [-0.4, -0.2) is 53.7 Å². The average molecular weight is 425 g/mol. The number of carbonyl (C=O) groups is 4. The minimum Gasteiger partial charge on any atom is -0.313 e. The molecule has 0 bridgehead atoms. The first-order valence-corrected chi connectivity index (χ1v) is 11.3. The summed E-state index contributed by atoms with van der Waals surface area (Å²) in [6.45, 7) is 2.39. The van der Waals surface area contributed by atoms with Crippen molar-refractivity contribution in [3.8, 4) is 0 Å². The molecule has 2 saturated heterocycles. The minimum absolute atomic E-state index is 0.121. The monoisotopic (exact) mass is 424 g/mol. The summed E-state index contributed by atoms with van der Waals surface area (Å²) in [5, 5.41) is 9.39. The lowest BCUT2D eigenvalue weighted by Gasteiger charge is -2.28. The fourth-order valence-corrected chi connectivity index (χ4v) is 5.78. The summed E-state index contributed by atoms with van der Waals surface area (Å²) in [5.41, 5.74) is 1.49. The highest BCUT2D eigenvalue weighted by Crippen LogP contribution is 2.34. The van der Waals surface area contributed by atoms with Crippen LogP contribution in [0.3, 0.4) is 0 Å². The van der Waals surface area contributed by atoms with Gasteiger partial charge in [-0.1, -0.05) is 25.0 Å². The van der Waals surface area contributed by atoms with E-state index in [-0.39, 0.29) is 18.7 Å². The van der Waals surface area contributed by atoms with Crippen molar-refractivity contribution >= 4 is 23.6 Å². The second-order valence-electron chi connectivity index (χ2n) is 9.14. The van der Waals surface area contributed by atoms with E-state index in [9.17, 15) is 19.2 Å². The Morgan fingerprint density at radius 1 is 1.03 bits per heavy atom. The molecule has 164 valence electrons. The van der Waals surface area contributed by atoms with Crippen LogP contribution in [0.1, 0.15) is 64.8 Å². The van der Waals surface area contributed by atoms with Crippen LogP contribution in [-0.2, 0) is 16.1 Å². The third kappa shape index (κ3) is 3.57. The van der Waals surface area contributed by atoms with E-state index in [1.165, 1.54) is 25.7 Å². The van der Waals surface area contributed by atoms with Gasteiger partial charge in [-0.05, 0) is 55.8 Å². The number of nitrogens with one attached hydrogen (secondary N) is 3. The molecule has 1 saturated carbocycles. The SMILES string of the molecule is O=C1CCC(N2C(=O)c3cccc(CNCC4CNC5CCCCC45)c3C2=O)C(=O)N1. The Morgan fingerprint density at radius 3 is 2.71 bits per heavy atom. The molecule has 8 heteroatoms. The molecule has 1 aromatic carbocycles. The molecule has 4 atom stereocenters. The topological polar surface area (TPSA) is 108 Å². The lowest BCUT2D eigenvalue weighted by atomic mass is 9.80. The Kier molecular flexibility index (Phi) is 5.35. The van der Waals surface area contributed by atoms with Crippen molar-refractivity contribution in [2.24, 2.45) is 11.8 Å². The summed E-state index contributed by atoms with van der Waals surface area (Å²) < 4.78 is 0. The first-order chi connectivity index (χ1) is 15.0. The van der Waals surface area contributed by atoms with Crippen molar-refractivity contribution in [1.29, 1.82) is 0 Å².